The number of allylic oxidation sites excluding steroid dienone is 1. The molecule has 2 aliphatic carbocycles. The lowest BCUT2D eigenvalue weighted by Gasteiger charge is -2.24. The summed E-state index contributed by atoms with van der Waals surface area (Å²) in [6.45, 7) is 2.35. The lowest BCUT2D eigenvalue weighted by Crippen LogP contribution is -2.31. The van der Waals surface area contributed by atoms with E-state index in [4.69, 9.17) is 21.3 Å². The van der Waals surface area contributed by atoms with Crippen molar-refractivity contribution in [2.75, 3.05) is 7.05 Å². The summed E-state index contributed by atoms with van der Waals surface area (Å²) in [4.78, 5) is 6.35. The van der Waals surface area contributed by atoms with Gasteiger partial charge in [0.05, 0.1) is 40.8 Å². The number of aromatic nitrogens is 4. The molecular formula is C22H33N7O. The van der Waals surface area contributed by atoms with E-state index >= 15 is 0 Å². The Morgan fingerprint density at radius 2 is 1.97 bits per heavy atom. The molecule has 0 bridgehead atoms. The second kappa shape index (κ2) is 9.04. The molecule has 162 valence electrons. The van der Waals surface area contributed by atoms with Crippen molar-refractivity contribution in [1.82, 2.24) is 25.0 Å². The normalized spacial score (nSPS) is 18.2. The Morgan fingerprint density at radius 1 is 1.20 bits per heavy atom. The van der Waals surface area contributed by atoms with Crippen LogP contribution in [0.25, 0.3) is 5.70 Å². The Morgan fingerprint density at radius 3 is 2.63 bits per heavy atom. The molecule has 0 aliphatic heterocycles. The summed E-state index contributed by atoms with van der Waals surface area (Å²) in [5.41, 5.74) is 10.3. The van der Waals surface area contributed by atoms with E-state index in [1.807, 2.05) is 25.3 Å². The minimum Gasteiger partial charge on any atom is -0.489 e. The molecule has 0 aromatic carbocycles. The number of hydrogen-bond acceptors (Lipinski definition) is 7. The fourth-order valence-electron chi connectivity index (χ4n) is 3.97. The third kappa shape index (κ3) is 5.11. The summed E-state index contributed by atoms with van der Waals surface area (Å²) in [6.07, 6.45) is 11.7. The second-order valence-corrected chi connectivity index (χ2v) is 8.64. The zero-order valence-electron chi connectivity index (χ0n) is 18.0. The van der Waals surface area contributed by atoms with Crippen LogP contribution in [-0.4, -0.2) is 38.1 Å². The minimum atomic E-state index is 0.291. The van der Waals surface area contributed by atoms with Crippen molar-refractivity contribution in [3.05, 3.63) is 41.1 Å². The lowest BCUT2D eigenvalue weighted by molar-refractivity contribution is 0.153. The van der Waals surface area contributed by atoms with Gasteiger partial charge in [0.25, 0.3) is 0 Å². The van der Waals surface area contributed by atoms with Gasteiger partial charge in [-0.05, 0) is 69.9 Å². The monoisotopic (exact) mass is 411 g/mol. The lowest BCUT2D eigenvalue weighted by atomic mass is 9.98. The topological polar surface area (TPSA) is 108 Å². The summed E-state index contributed by atoms with van der Waals surface area (Å²) in [5, 5.41) is 10.5. The van der Waals surface area contributed by atoms with Gasteiger partial charge in [0.2, 0.25) is 0 Å². The van der Waals surface area contributed by atoms with E-state index in [0.717, 1.165) is 48.0 Å². The maximum atomic E-state index is 6.47. The Bertz CT molecular complexity index is 895. The van der Waals surface area contributed by atoms with Crippen LogP contribution in [0.2, 0.25) is 0 Å². The number of rotatable bonds is 8. The highest BCUT2D eigenvalue weighted by molar-refractivity contribution is 5.63. The molecule has 4 N–H and O–H groups in total. The van der Waals surface area contributed by atoms with Crippen LogP contribution in [0.15, 0.2) is 24.0 Å². The molecule has 2 fully saturated rings. The van der Waals surface area contributed by atoms with Gasteiger partial charge < -0.3 is 15.5 Å². The average molecular weight is 412 g/mol. The SMILES string of the molecule is Cc1nc(/C(N)=C(\Cn2ncc(CC3CC3)n2)N(C)N)ccc1OC1CCCCC1. The third-order valence-electron chi connectivity index (χ3n) is 5.97. The molecule has 0 saturated heterocycles. The quantitative estimate of drug-likeness (QED) is 0.508. The molecule has 2 aromatic heterocycles. The molecule has 0 atom stereocenters. The summed E-state index contributed by atoms with van der Waals surface area (Å²) in [5.74, 6) is 7.69. The Kier molecular flexibility index (Phi) is 6.22. The van der Waals surface area contributed by atoms with Gasteiger partial charge >= 0.3 is 0 Å². The molecule has 2 aromatic rings. The summed E-state index contributed by atoms with van der Waals surface area (Å²) < 4.78 is 6.19. The summed E-state index contributed by atoms with van der Waals surface area (Å²) in [7, 11) is 1.77. The van der Waals surface area contributed by atoms with E-state index in [1.54, 1.807) is 11.8 Å². The molecule has 30 heavy (non-hydrogen) atoms. The predicted octanol–water partition coefficient (Wildman–Crippen LogP) is 2.78. The molecule has 8 heteroatoms. The van der Waals surface area contributed by atoms with Crippen molar-refractivity contribution in [2.24, 2.45) is 17.5 Å². The number of nitrogens with two attached hydrogens (primary N) is 2. The minimum absolute atomic E-state index is 0.291. The molecule has 0 amide bonds. The van der Waals surface area contributed by atoms with Crippen LogP contribution < -0.4 is 16.3 Å². The predicted molar refractivity (Wildman–Crippen MR) is 116 cm³/mol. The number of pyridine rings is 1. The van der Waals surface area contributed by atoms with Crippen molar-refractivity contribution in [3.8, 4) is 5.75 Å². The maximum absolute atomic E-state index is 6.47. The highest BCUT2D eigenvalue weighted by atomic mass is 16.5. The second-order valence-electron chi connectivity index (χ2n) is 8.64. The maximum Gasteiger partial charge on any atom is 0.140 e. The molecule has 8 nitrogen and oxygen atoms in total. The average Bonchev–Trinajstić information content (AvgIpc) is 3.44. The van der Waals surface area contributed by atoms with E-state index < -0.39 is 0 Å². The first-order chi connectivity index (χ1) is 14.5. The van der Waals surface area contributed by atoms with E-state index in [-0.39, 0.29) is 0 Å². The largest absolute Gasteiger partial charge is 0.489 e. The molecule has 2 saturated carbocycles. The Hall–Kier alpha value is -2.61. The van der Waals surface area contributed by atoms with Crippen molar-refractivity contribution in [3.63, 3.8) is 0 Å². The van der Waals surface area contributed by atoms with Gasteiger partial charge in [-0.15, -0.1) is 0 Å². The van der Waals surface area contributed by atoms with Gasteiger partial charge in [-0.3, -0.25) is 0 Å². The fraction of sp³-hybridized carbons (Fsp3) is 0.591. The van der Waals surface area contributed by atoms with Crippen LogP contribution in [0.3, 0.4) is 0 Å². The van der Waals surface area contributed by atoms with E-state index in [2.05, 4.69) is 10.2 Å². The first-order valence-corrected chi connectivity index (χ1v) is 11.0. The molecule has 2 aliphatic rings. The summed E-state index contributed by atoms with van der Waals surface area (Å²) in [6, 6.07) is 3.87. The van der Waals surface area contributed by atoms with Gasteiger partial charge in [0, 0.05) is 7.05 Å². The highest BCUT2D eigenvalue weighted by Crippen LogP contribution is 2.32. The molecule has 0 radical (unpaired) electrons. The van der Waals surface area contributed by atoms with Crippen LogP contribution in [-0.2, 0) is 13.0 Å². The van der Waals surface area contributed by atoms with Crippen LogP contribution in [0.4, 0.5) is 0 Å². The Labute approximate surface area is 178 Å². The third-order valence-corrected chi connectivity index (χ3v) is 5.97. The molecule has 0 spiro atoms. The molecular weight excluding hydrogens is 378 g/mol. The van der Waals surface area contributed by atoms with E-state index in [1.165, 1.54) is 37.1 Å². The van der Waals surface area contributed by atoms with Gasteiger partial charge in [0.1, 0.15) is 12.3 Å². The van der Waals surface area contributed by atoms with Crippen molar-refractivity contribution in [2.45, 2.75) is 70.9 Å². The smallest absolute Gasteiger partial charge is 0.140 e. The van der Waals surface area contributed by atoms with Crippen LogP contribution in [0.1, 0.15) is 62.0 Å². The number of likely N-dealkylation sites (N-methyl/N-ethyl adjacent to an activating group) is 1. The summed E-state index contributed by atoms with van der Waals surface area (Å²) >= 11 is 0. The van der Waals surface area contributed by atoms with Crippen LogP contribution in [0, 0.1) is 12.8 Å². The van der Waals surface area contributed by atoms with Crippen molar-refractivity contribution >= 4 is 5.70 Å². The number of nitrogens with zero attached hydrogens (tertiary/aromatic N) is 5. The number of ether oxygens (including phenoxy) is 1. The Balaban J connectivity index is 1.50. The van der Waals surface area contributed by atoms with Crippen LogP contribution in [0.5, 0.6) is 5.75 Å². The first-order valence-electron chi connectivity index (χ1n) is 11.0. The first kappa shape index (κ1) is 20.7. The zero-order valence-corrected chi connectivity index (χ0v) is 18.0. The molecule has 2 heterocycles. The van der Waals surface area contributed by atoms with Crippen molar-refractivity contribution in [1.29, 1.82) is 0 Å². The number of aryl methyl sites for hydroxylation is 1. The fourth-order valence-corrected chi connectivity index (χ4v) is 3.97. The van der Waals surface area contributed by atoms with Gasteiger partial charge in [-0.25, -0.2) is 10.8 Å². The number of hydrogen-bond donors (Lipinski definition) is 2. The van der Waals surface area contributed by atoms with E-state index in [9.17, 15) is 0 Å². The standard InChI is InChI=1S/C22H33N7O/c1-15-21(30-18-6-4-3-5-7-18)11-10-19(26-15)22(23)20(28(2)24)14-29-25-13-17(27-29)12-16-8-9-16/h10-11,13,16,18H,3-9,12,14,23-24H2,1-2H3/b22-20-. The highest BCUT2D eigenvalue weighted by Gasteiger charge is 2.23. The van der Waals surface area contributed by atoms with Crippen LogP contribution >= 0.6 is 0 Å². The van der Waals surface area contributed by atoms with Gasteiger partial charge in [-0.2, -0.15) is 15.0 Å². The van der Waals surface area contributed by atoms with Gasteiger partial charge in [0.15, 0.2) is 0 Å². The van der Waals surface area contributed by atoms with E-state index in [0.29, 0.717) is 24.0 Å². The number of hydrazine groups is 1. The molecule has 0 unspecified atom stereocenters. The van der Waals surface area contributed by atoms with Crippen molar-refractivity contribution < 1.29 is 4.74 Å². The molecule has 4 rings (SSSR count). The zero-order chi connectivity index (χ0) is 21.1. The van der Waals surface area contributed by atoms with Gasteiger partial charge in [-0.1, -0.05) is 6.42 Å².